The maximum Gasteiger partial charge on any atom is 0.157 e. The first-order valence-corrected chi connectivity index (χ1v) is 7.89. The third-order valence-corrected chi connectivity index (χ3v) is 3.54. The fraction of sp³-hybridized carbons (Fsp3) is 0.357. The van der Waals surface area contributed by atoms with Crippen molar-refractivity contribution in [2.45, 2.75) is 30.5 Å². The fourth-order valence-corrected chi connectivity index (χ4v) is 2.47. The molecule has 21 heavy (non-hydrogen) atoms. The molecule has 0 radical (unpaired) electrons. The van der Waals surface area contributed by atoms with Crippen LogP contribution < -0.4 is 5.32 Å². The lowest BCUT2D eigenvalue weighted by atomic mass is 10.5. The molecule has 0 saturated heterocycles. The third-order valence-electron chi connectivity index (χ3n) is 2.45. The van der Waals surface area contributed by atoms with Crippen LogP contribution in [0, 0.1) is 0 Å². The largest absolute Gasteiger partial charge is 0.374 e. The average molecular weight is 325 g/mol. The van der Waals surface area contributed by atoms with E-state index in [4.69, 9.17) is 16.3 Å². The maximum atomic E-state index is 5.84. The second kappa shape index (κ2) is 8.17. The number of ether oxygens (including phenoxy) is 1. The number of hydrogen-bond donors (Lipinski definition) is 1. The van der Waals surface area contributed by atoms with E-state index in [0.717, 1.165) is 22.4 Å². The molecule has 0 aliphatic heterocycles. The first kappa shape index (κ1) is 16.0. The molecule has 0 atom stereocenters. The maximum absolute atomic E-state index is 5.84. The quantitative estimate of drug-likeness (QED) is 0.785. The van der Waals surface area contributed by atoms with Gasteiger partial charge in [0.2, 0.25) is 0 Å². The van der Waals surface area contributed by atoms with Crippen LogP contribution in [-0.2, 0) is 11.3 Å². The first-order chi connectivity index (χ1) is 10.2. The van der Waals surface area contributed by atoms with Crippen LogP contribution in [0.25, 0.3) is 0 Å². The van der Waals surface area contributed by atoms with Crippen LogP contribution in [0.1, 0.15) is 19.7 Å². The van der Waals surface area contributed by atoms with Crippen LogP contribution in [0.5, 0.6) is 0 Å². The number of rotatable bonds is 7. The minimum absolute atomic E-state index is 0.400. The lowest BCUT2D eigenvalue weighted by Gasteiger charge is -2.08. The lowest BCUT2D eigenvalue weighted by Crippen LogP contribution is -2.06. The van der Waals surface area contributed by atoms with Crippen molar-refractivity contribution in [1.29, 1.82) is 0 Å². The smallest absolute Gasteiger partial charge is 0.157 e. The highest BCUT2D eigenvalue weighted by molar-refractivity contribution is 7.99. The van der Waals surface area contributed by atoms with E-state index < -0.39 is 0 Å². The van der Waals surface area contributed by atoms with Crippen molar-refractivity contribution in [3.8, 4) is 0 Å². The summed E-state index contributed by atoms with van der Waals surface area (Å²) in [6.45, 7) is 5.81. The van der Waals surface area contributed by atoms with E-state index in [-0.39, 0.29) is 0 Å². The predicted molar refractivity (Wildman–Crippen MR) is 84.9 cm³/mol. The molecule has 0 bridgehead atoms. The molecule has 112 valence electrons. The van der Waals surface area contributed by atoms with E-state index in [9.17, 15) is 0 Å². The van der Waals surface area contributed by atoms with Gasteiger partial charge in [0.1, 0.15) is 22.5 Å². The Morgan fingerprint density at radius 1 is 1.24 bits per heavy atom. The van der Waals surface area contributed by atoms with Gasteiger partial charge in [0, 0.05) is 25.4 Å². The zero-order valence-corrected chi connectivity index (χ0v) is 13.5. The molecule has 0 saturated carbocycles. The number of hydrogen-bond acceptors (Lipinski definition) is 6. The van der Waals surface area contributed by atoms with Crippen molar-refractivity contribution in [1.82, 2.24) is 15.0 Å². The number of nitrogens with one attached hydrogen (secondary N) is 1. The van der Waals surface area contributed by atoms with Crippen molar-refractivity contribution < 1.29 is 4.74 Å². The van der Waals surface area contributed by atoms with E-state index >= 15 is 0 Å². The zero-order valence-electron chi connectivity index (χ0n) is 12.0. The molecule has 0 fully saturated rings. The summed E-state index contributed by atoms with van der Waals surface area (Å²) in [7, 11) is 0. The van der Waals surface area contributed by atoms with E-state index in [1.807, 2.05) is 32.0 Å². The van der Waals surface area contributed by atoms with Gasteiger partial charge >= 0.3 is 0 Å². The number of anilines is 1. The minimum Gasteiger partial charge on any atom is -0.374 e. The second-order valence-corrected chi connectivity index (χ2v) is 5.57. The van der Waals surface area contributed by atoms with Gasteiger partial charge in [-0.25, -0.2) is 15.0 Å². The second-order valence-electron chi connectivity index (χ2n) is 4.09. The molecule has 0 aliphatic rings. The van der Waals surface area contributed by atoms with Crippen LogP contribution in [0.3, 0.4) is 0 Å². The van der Waals surface area contributed by atoms with Gasteiger partial charge in [-0.05, 0) is 37.7 Å². The average Bonchev–Trinajstić information content (AvgIpc) is 2.48. The summed E-state index contributed by atoms with van der Waals surface area (Å²) in [5.41, 5.74) is 0. The summed E-state index contributed by atoms with van der Waals surface area (Å²) in [6, 6.07) is 5.58. The zero-order chi connectivity index (χ0) is 15.1. The Labute approximate surface area is 133 Å². The SMILES string of the molecule is CCNc1cc(Sc2ccc(Cl)cn2)nc(COCC)n1. The van der Waals surface area contributed by atoms with Gasteiger partial charge in [-0.2, -0.15) is 0 Å². The highest BCUT2D eigenvalue weighted by Crippen LogP contribution is 2.26. The Morgan fingerprint density at radius 2 is 2.10 bits per heavy atom. The first-order valence-electron chi connectivity index (χ1n) is 6.70. The molecule has 2 heterocycles. The van der Waals surface area contributed by atoms with Gasteiger partial charge < -0.3 is 10.1 Å². The molecule has 2 aromatic heterocycles. The standard InChI is InChI=1S/C14H17ClN4OS/c1-3-16-11-7-14(19-12(18-11)9-20-4-2)21-13-6-5-10(15)8-17-13/h5-8H,3-4,9H2,1-2H3,(H,16,18,19). The van der Waals surface area contributed by atoms with Gasteiger partial charge in [0.05, 0.1) is 5.02 Å². The van der Waals surface area contributed by atoms with Crippen LogP contribution in [0.15, 0.2) is 34.4 Å². The van der Waals surface area contributed by atoms with Crippen LogP contribution in [0.2, 0.25) is 5.02 Å². The van der Waals surface area contributed by atoms with Crippen molar-refractivity contribution in [3.63, 3.8) is 0 Å². The van der Waals surface area contributed by atoms with E-state index in [1.54, 1.807) is 6.20 Å². The molecule has 5 nitrogen and oxygen atoms in total. The summed E-state index contributed by atoms with van der Waals surface area (Å²) >= 11 is 7.31. The van der Waals surface area contributed by atoms with E-state index in [0.29, 0.717) is 24.1 Å². The van der Waals surface area contributed by atoms with Crippen molar-refractivity contribution in [3.05, 3.63) is 35.2 Å². The molecule has 0 aliphatic carbocycles. The molecule has 2 rings (SSSR count). The summed E-state index contributed by atoms with van der Waals surface area (Å²) in [5.74, 6) is 1.45. The Bertz CT molecular complexity index is 580. The summed E-state index contributed by atoms with van der Waals surface area (Å²) in [6.07, 6.45) is 1.62. The molecule has 1 N–H and O–H groups in total. The lowest BCUT2D eigenvalue weighted by molar-refractivity contribution is 0.128. The number of halogens is 1. The molecular weight excluding hydrogens is 308 g/mol. The highest BCUT2D eigenvalue weighted by atomic mass is 35.5. The Kier molecular flexibility index (Phi) is 6.22. The number of pyridine rings is 1. The van der Waals surface area contributed by atoms with Gasteiger partial charge in [-0.1, -0.05) is 11.6 Å². The van der Waals surface area contributed by atoms with Crippen molar-refractivity contribution in [2.75, 3.05) is 18.5 Å². The Balaban J connectivity index is 2.19. The molecular formula is C14H17ClN4OS. The number of nitrogens with zero attached hydrogens (tertiary/aromatic N) is 3. The van der Waals surface area contributed by atoms with Gasteiger partial charge in [0.15, 0.2) is 5.82 Å². The molecule has 2 aromatic rings. The molecule has 0 unspecified atom stereocenters. The Hall–Kier alpha value is -1.37. The normalized spacial score (nSPS) is 10.6. The van der Waals surface area contributed by atoms with Crippen molar-refractivity contribution in [2.24, 2.45) is 0 Å². The summed E-state index contributed by atoms with van der Waals surface area (Å²) in [5, 5.41) is 5.48. The molecule has 0 aromatic carbocycles. The van der Waals surface area contributed by atoms with Gasteiger partial charge in [-0.15, -0.1) is 0 Å². The third kappa shape index (κ3) is 5.15. The highest BCUT2D eigenvalue weighted by Gasteiger charge is 2.07. The molecule has 0 amide bonds. The summed E-state index contributed by atoms with van der Waals surface area (Å²) in [4.78, 5) is 13.2. The van der Waals surface area contributed by atoms with E-state index in [1.165, 1.54) is 11.8 Å². The number of aromatic nitrogens is 3. The van der Waals surface area contributed by atoms with E-state index in [2.05, 4.69) is 20.3 Å². The molecule has 7 heteroatoms. The van der Waals surface area contributed by atoms with Gasteiger partial charge in [0.25, 0.3) is 0 Å². The summed E-state index contributed by atoms with van der Waals surface area (Å²) < 4.78 is 5.38. The van der Waals surface area contributed by atoms with Crippen LogP contribution in [-0.4, -0.2) is 28.1 Å². The monoisotopic (exact) mass is 324 g/mol. The van der Waals surface area contributed by atoms with Crippen LogP contribution >= 0.6 is 23.4 Å². The fourth-order valence-electron chi connectivity index (χ4n) is 1.58. The minimum atomic E-state index is 0.400. The molecule has 0 spiro atoms. The van der Waals surface area contributed by atoms with Gasteiger partial charge in [-0.3, -0.25) is 0 Å². The predicted octanol–water partition coefficient (Wildman–Crippen LogP) is 3.64. The van der Waals surface area contributed by atoms with Crippen molar-refractivity contribution >= 4 is 29.2 Å². The Morgan fingerprint density at radius 3 is 2.76 bits per heavy atom. The van der Waals surface area contributed by atoms with Crippen LogP contribution in [0.4, 0.5) is 5.82 Å². The topological polar surface area (TPSA) is 59.9 Å².